The van der Waals surface area contributed by atoms with E-state index in [1.807, 2.05) is 6.07 Å². The molecule has 2 N–H and O–H groups in total. The van der Waals surface area contributed by atoms with Crippen molar-refractivity contribution in [2.45, 2.75) is 51.9 Å². The first-order valence-corrected chi connectivity index (χ1v) is 10.1. The number of thiophene rings is 1. The second-order valence-electron chi connectivity index (χ2n) is 7.43. The summed E-state index contributed by atoms with van der Waals surface area (Å²) < 4.78 is 4.78. The van der Waals surface area contributed by atoms with Gasteiger partial charge in [-0.15, -0.1) is 11.3 Å². The van der Waals surface area contributed by atoms with E-state index in [2.05, 4.69) is 17.8 Å². The summed E-state index contributed by atoms with van der Waals surface area (Å²) in [6.45, 7) is 2.23. The third kappa shape index (κ3) is 4.26. The van der Waals surface area contributed by atoms with Gasteiger partial charge in [-0.25, -0.2) is 0 Å². The highest BCUT2D eigenvalue weighted by atomic mass is 32.1. The largest absolute Gasteiger partial charge is 0.469 e. The van der Waals surface area contributed by atoms with Crippen LogP contribution >= 0.6 is 11.3 Å². The van der Waals surface area contributed by atoms with Crippen LogP contribution in [-0.2, 0) is 27.2 Å². The number of nitrogens with one attached hydrogen (secondary N) is 2. The van der Waals surface area contributed by atoms with E-state index in [0.717, 1.165) is 38.5 Å². The molecule has 0 unspecified atom stereocenters. The third-order valence-electron chi connectivity index (χ3n) is 5.43. The van der Waals surface area contributed by atoms with Gasteiger partial charge in [0.1, 0.15) is 0 Å². The lowest BCUT2D eigenvalue weighted by atomic mass is 9.81. The number of amides is 2. The highest BCUT2D eigenvalue weighted by Crippen LogP contribution is 2.32. The Kier molecular flexibility index (Phi) is 5.96. The average molecular weight is 378 g/mol. The van der Waals surface area contributed by atoms with Crippen LogP contribution in [0.2, 0.25) is 0 Å². The van der Waals surface area contributed by atoms with E-state index in [-0.39, 0.29) is 29.6 Å². The second kappa shape index (κ2) is 8.20. The van der Waals surface area contributed by atoms with Crippen molar-refractivity contribution in [1.29, 1.82) is 0 Å². The molecule has 1 aromatic heterocycles. The summed E-state index contributed by atoms with van der Waals surface area (Å²) in [7, 11) is 1.37. The molecule has 6 nitrogen and oxygen atoms in total. The Hall–Kier alpha value is -1.89. The fraction of sp³-hybridized carbons (Fsp3) is 0.632. The number of hydrazine groups is 1. The van der Waals surface area contributed by atoms with Crippen LogP contribution < -0.4 is 10.9 Å². The van der Waals surface area contributed by atoms with Gasteiger partial charge in [-0.05, 0) is 56.1 Å². The molecule has 142 valence electrons. The maximum absolute atomic E-state index is 12.4. The topological polar surface area (TPSA) is 84.5 Å². The first-order chi connectivity index (χ1) is 12.5. The van der Waals surface area contributed by atoms with Crippen molar-refractivity contribution in [2.24, 2.45) is 17.8 Å². The van der Waals surface area contributed by atoms with Gasteiger partial charge in [0.05, 0.1) is 17.9 Å². The number of rotatable bonds is 3. The lowest BCUT2D eigenvalue weighted by Crippen LogP contribution is -2.45. The molecule has 1 saturated carbocycles. The molecule has 0 radical (unpaired) electrons. The van der Waals surface area contributed by atoms with Crippen LogP contribution in [0.5, 0.6) is 0 Å². The standard InChI is InChI=1S/C19H26N2O4S/c1-11-6-7-15-14(8-11)10-16(26-15)18(23)21-20-17(22)12-4-3-5-13(9-12)19(24)25-2/h10-13H,3-9H2,1-2H3,(H,20,22)(H,21,23)/t11-,12-,13+/m0/s1. The summed E-state index contributed by atoms with van der Waals surface area (Å²) in [6, 6.07) is 1.95. The van der Waals surface area contributed by atoms with Crippen LogP contribution in [0.25, 0.3) is 0 Å². The van der Waals surface area contributed by atoms with Crippen molar-refractivity contribution < 1.29 is 19.1 Å². The Morgan fingerprint density at radius 3 is 2.69 bits per heavy atom. The number of aryl methyl sites for hydroxylation is 1. The molecular formula is C19H26N2O4S. The van der Waals surface area contributed by atoms with E-state index in [1.165, 1.54) is 28.9 Å². The summed E-state index contributed by atoms with van der Waals surface area (Å²) in [5.41, 5.74) is 6.33. The van der Waals surface area contributed by atoms with Crippen LogP contribution in [0.1, 0.15) is 59.1 Å². The van der Waals surface area contributed by atoms with Gasteiger partial charge in [0, 0.05) is 10.8 Å². The zero-order valence-corrected chi connectivity index (χ0v) is 16.1. The zero-order valence-electron chi connectivity index (χ0n) is 15.3. The highest BCUT2D eigenvalue weighted by molar-refractivity contribution is 7.14. The molecule has 2 amide bonds. The molecule has 0 spiro atoms. The number of fused-ring (bicyclic) bond motifs is 1. The van der Waals surface area contributed by atoms with Gasteiger partial charge in [0.15, 0.2) is 0 Å². The average Bonchev–Trinajstić information content (AvgIpc) is 3.08. The first-order valence-electron chi connectivity index (χ1n) is 9.27. The number of hydrogen-bond donors (Lipinski definition) is 2. The van der Waals surface area contributed by atoms with Gasteiger partial charge in [-0.1, -0.05) is 13.3 Å². The van der Waals surface area contributed by atoms with Crippen molar-refractivity contribution in [3.05, 3.63) is 21.4 Å². The Labute approximate surface area is 157 Å². The molecule has 0 bridgehead atoms. The number of esters is 1. The lowest BCUT2D eigenvalue weighted by Gasteiger charge is -2.26. The molecule has 2 aliphatic rings. The number of carbonyl (C=O) groups excluding carboxylic acids is 3. The van der Waals surface area contributed by atoms with E-state index in [0.29, 0.717) is 17.2 Å². The summed E-state index contributed by atoms with van der Waals surface area (Å²) >= 11 is 1.52. The van der Waals surface area contributed by atoms with Crippen molar-refractivity contribution in [3.63, 3.8) is 0 Å². The smallest absolute Gasteiger partial charge is 0.308 e. The molecule has 1 heterocycles. The van der Waals surface area contributed by atoms with Gasteiger partial charge in [0.25, 0.3) is 5.91 Å². The van der Waals surface area contributed by atoms with Crippen molar-refractivity contribution in [1.82, 2.24) is 10.9 Å². The van der Waals surface area contributed by atoms with Crippen molar-refractivity contribution in [2.75, 3.05) is 7.11 Å². The normalized spacial score (nSPS) is 25.1. The van der Waals surface area contributed by atoms with Gasteiger partial charge in [0.2, 0.25) is 5.91 Å². The van der Waals surface area contributed by atoms with Crippen molar-refractivity contribution in [3.8, 4) is 0 Å². The molecule has 0 saturated heterocycles. The number of methoxy groups -OCH3 is 1. The maximum Gasteiger partial charge on any atom is 0.308 e. The molecule has 3 rings (SSSR count). The van der Waals surface area contributed by atoms with Gasteiger partial charge in [-0.2, -0.15) is 0 Å². The first kappa shape index (κ1) is 18.9. The summed E-state index contributed by atoms with van der Waals surface area (Å²) in [6.07, 6.45) is 5.96. The summed E-state index contributed by atoms with van der Waals surface area (Å²) in [5.74, 6) is -0.615. The Balaban J connectivity index is 1.53. The molecule has 26 heavy (non-hydrogen) atoms. The predicted octanol–water partition coefficient (Wildman–Crippen LogP) is 2.61. The van der Waals surface area contributed by atoms with E-state index in [4.69, 9.17) is 4.74 Å². The lowest BCUT2D eigenvalue weighted by molar-refractivity contribution is -0.147. The quantitative estimate of drug-likeness (QED) is 0.625. The summed E-state index contributed by atoms with van der Waals surface area (Å²) in [4.78, 5) is 38.3. The van der Waals surface area contributed by atoms with E-state index < -0.39 is 0 Å². The zero-order chi connectivity index (χ0) is 18.7. The van der Waals surface area contributed by atoms with Gasteiger partial charge < -0.3 is 4.74 Å². The van der Waals surface area contributed by atoms with Gasteiger partial charge >= 0.3 is 5.97 Å². The van der Waals surface area contributed by atoms with Crippen LogP contribution in [0.15, 0.2) is 6.07 Å². The molecule has 1 aromatic rings. The van der Waals surface area contributed by atoms with Crippen LogP contribution in [0, 0.1) is 17.8 Å². The number of carbonyl (C=O) groups is 3. The van der Waals surface area contributed by atoms with E-state index in [9.17, 15) is 14.4 Å². The van der Waals surface area contributed by atoms with Crippen LogP contribution in [-0.4, -0.2) is 24.9 Å². The fourth-order valence-electron chi connectivity index (χ4n) is 3.91. The summed E-state index contributed by atoms with van der Waals surface area (Å²) in [5, 5.41) is 0. The Morgan fingerprint density at radius 2 is 1.92 bits per heavy atom. The van der Waals surface area contributed by atoms with E-state index >= 15 is 0 Å². The molecule has 0 aliphatic heterocycles. The predicted molar refractivity (Wildman–Crippen MR) is 98.6 cm³/mol. The fourth-order valence-corrected chi connectivity index (χ4v) is 5.01. The van der Waals surface area contributed by atoms with Crippen LogP contribution in [0.3, 0.4) is 0 Å². The molecule has 1 fully saturated rings. The highest BCUT2D eigenvalue weighted by Gasteiger charge is 2.32. The minimum absolute atomic E-state index is 0.230. The molecule has 7 heteroatoms. The minimum atomic E-state index is -0.273. The third-order valence-corrected chi connectivity index (χ3v) is 6.67. The molecule has 3 atom stereocenters. The van der Waals surface area contributed by atoms with Crippen molar-refractivity contribution >= 4 is 29.1 Å². The monoisotopic (exact) mass is 378 g/mol. The number of hydrogen-bond acceptors (Lipinski definition) is 5. The Morgan fingerprint density at radius 1 is 1.15 bits per heavy atom. The SMILES string of the molecule is COC(=O)[C@@H]1CCC[C@H](C(=O)NNC(=O)c2cc3c(s2)CC[C@H](C)C3)C1. The Bertz CT molecular complexity index is 700. The van der Waals surface area contributed by atoms with E-state index in [1.54, 1.807) is 0 Å². The minimum Gasteiger partial charge on any atom is -0.469 e. The maximum atomic E-state index is 12.4. The molecular weight excluding hydrogens is 352 g/mol. The van der Waals surface area contributed by atoms with Crippen LogP contribution in [0.4, 0.5) is 0 Å². The second-order valence-corrected chi connectivity index (χ2v) is 8.57. The molecule has 0 aromatic carbocycles. The molecule has 2 aliphatic carbocycles. The van der Waals surface area contributed by atoms with Gasteiger partial charge in [-0.3, -0.25) is 25.2 Å². The number of ether oxygens (including phenoxy) is 1.